The number of anilines is 4. The predicted molar refractivity (Wildman–Crippen MR) is 268 cm³/mol. The number of ether oxygens (including phenoxy) is 1. The van der Waals surface area contributed by atoms with E-state index in [-0.39, 0.29) is 32.4 Å². The number of para-hydroxylation sites is 2. The first-order chi connectivity index (χ1) is 31.3. The molecule has 0 saturated heterocycles. The number of hydrogen-bond acceptors (Lipinski definition) is 5. The number of aliphatic imine (C=N–C) groups is 1. The van der Waals surface area contributed by atoms with Gasteiger partial charge in [0.25, 0.3) is 0 Å². The van der Waals surface area contributed by atoms with Gasteiger partial charge in [-0.25, -0.2) is 4.98 Å². The van der Waals surface area contributed by atoms with Crippen LogP contribution in [0.25, 0.3) is 11.1 Å². The molecule has 0 N–H and O–H groups in total. The molecule has 1 aromatic heterocycles. The van der Waals surface area contributed by atoms with Crippen LogP contribution in [0.1, 0.15) is 85.0 Å². The van der Waals surface area contributed by atoms with Gasteiger partial charge in [0.15, 0.2) is 0 Å². The minimum Gasteiger partial charge on any atom is -0.503 e. The summed E-state index contributed by atoms with van der Waals surface area (Å²) in [7, 11) is 0. The third kappa shape index (κ3) is 7.58. The Labute approximate surface area is 405 Å². The Kier molecular flexibility index (Phi) is 11.7. The molecule has 66 heavy (non-hydrogen) atoms. The van der Waals surface area contributed by atoms with Gasteiger partial charge >= 0.3 is 21.1 Å². The van der Waals surface area contributed by atoms with Crippen LogP contribution in [-0.2, 0) is 26.5 Å². The summed E-state index contributed by atoms with van der Waals surface area (Å²) in [5.41, 5.74) is 12.8. The molecule has 0 bridgehead atoms. The standard InChI is InChI=1S/C60H54N4O.Pt/c1-40-34-48(63-53-32-19-18-30-51(53)58(4,5)52-31-21-33-61-57(52)63)39-49(35-40)65-50-37-46(43-24-12-9-13-25-43)36-47(38-50)56-62-59(6,7)60(8,64(56)55-41(2)22-20-23-42(55)3)54(44-26-14-10-15-27-44)45-28-16-11-17-29-45;/h9-37,54H,1-8H3;/q-2;+2/t60-;/m0./s1. The van der Waals surface area contributed by atoms with Gasteiger partial charge in [0.2, 0.25) is 0 Å². The van der Waals surface area contributed by atoms with E-state index in [4.69, 9.17) is 14.7 Å². The maximum atomic E-state index is 7.02. The van der Waals surface area contributed by atoms with E-state index in [9.17, 15) is 0 Å². The fourth-order valence-electron chi connectivity index (χ4n) is 10.4. The molecule has 0 fully saturated rings. The Morgan fingerprint density at radius 3 is 1.83 bits per heavy atom. The molecule has 7 aromatic carbocycles. The first-order valence-electron chi connectivity index (χ1n) is 22.6. The number of aryl methyl sites for hydroxylation is 3. The number of aromatic nitrogens is 1. The summed E-state index contributed by atoms with van der Waals surface area (Å²) >= 11 is 0. The smallest absolute Gasteiger partial charge is 0.503 e. The van der Waals surface area contributed by atoms with Gasteiger partial charge < -0.3 is 19.5 Å². The zero-order chi connectivity index (χ0) is 45.1. The monoisotopic (exact) mass is 1040 g/mol. The second-order valence-electron chi connectivity index (χ2n) is 18.8. The van der Waals surface area contributed by atoms with Gasteiger partial charge in [-0.1, -0.05) is 178 Å². The second kappa shape index (κ2) is 17.3. The molecule has 1 atom stereocenters. The molecule has 3 heterocycles. The Morgan fingerprint density at radius 2 is 1.17 bits per heavy atom. The van der Waals surface area contributed by atoms with Crippen molar-refractivity contribution in [3.8, 4) is 22.6 Å². The fraction of sp³-hybridized carbons (Fsp3) is 0.200. The Balaban J connectivity index is 0.00000548. The number of benzene rings is 7. The number of hydrogen-bond donors (Lipinski definition) is 0. The Morgan fingerprint density at radius 1 is 0.576 bits per heavy atom. The minimum absolute atomic E-state index is 0. The van der Waals surface area contributed by atoms with Gasteiger partial charge in [0, 0.05) is 46.0 Å². The summed E-state index contributed by atoms with van der Waals surface area (Å²) in [6.45, 7) is 18.0. The first-order valence-corrected chi connectivity index (χ1v) is 22.6. The summed E-state index contributed by atoms with van der Waals surface area (Å²) in [4.78, 5) is 15.5. The van der Waals surface area contributed by atoms with Crippen LogP contribution in [0.3, 0.4) is 0 Å². The van der Waals surface area contributed by atoms with Crippen LogP contribution in [0.4, 0.5) is 22.9 Å². The van der Waals surface area contributed by atoms with Gasteiger partial charge in [-0.15, -0.1) is 29.8 Å². The van der Waals surface area contributed by atoms with Crippen molar-refractivity contribution < 1.29 is 25.8 Å². The zero-order valence-corrected chi connectivity index (χ0v) is 41.1. The van der Waals surface area contributed by atoms with E-state index >= 15 is 0 Å². The maximum Gasteiger partial charge on any atom is 2.00 e. The molecule has 0 amide bonds. The average Bonchev–Trinajstić information content (AvgIpc) is 3.51. The van der Waals surface area contributed by atoms with Crippen molar-refractivity contribution in [2.75, 3.05) is 9.80 Å². The Bertz CT molecular complexity index is 2980. The van der Waals surface area contributed by atoms with Crippen LogP contribution in [-0.4, -0.2) is 21.9 Å². The van der Waals surface area contributed by atoms with E-state index in [2.05, 4.69) is 235 Å². The summed E-state index contributed by atoms with van der Waals surface area (Å²) in [5.74, 6) is 2.85. The van der Waals surface area contributed by atoms with Crippen molar-refractivity contribution in [1.29, 1.82) is 0 Å². The molecule has 2 aliphatic rings. The molecule has 0 aliphatic carbocycles. The first kappa shape index (κ1) is 44.6. The summed E-state index contributed by atoms with van der Waals surface area (Å²) in [6.07, 6.45) is 1.87. The van der Waals surface area contributed by atoms with Crippen molar-refractivity contribution >= 4 is 28.7 Å². The number of rotatable bonds is 9. The van der Waals surface area contributed by atoms with Crippen LogP contribution in [0.2, 0.25) is 0 Å². The van der Waals surface area contributed by atoms with Crippen LogP contribution < -0.4 is 14.5 Å². The molecule has 0 radical (unpaired) electrons. The molecule has 5 nitrogen and oxygen atoms in total. The second-order valence-corrected chi connectivity index (χ2v) is 18.8. The fourth-order valence-corrected chi connectivity index (χ4v) is 10.4. The molecule has 10 rings (SSSR count). The van der Waals surface area contributed by atoms with E-state index in [1.165, 1.54) is 27.8 Å². The van der Waals surface area contributed by atoms with E-state index in [1.54, 1.807) is 0 Å². The average molecular weight is 1040 g/mol. The van der Waals surface area contributed by atoms with Gasteiger partial charge in [-0.2, -0.15) is 5.56 Å². The quantitative estimate of drug-likeness (QED) is 0.135. The SMILES string of the molecule is Cc1cc(Oc2[c-]c(C3=NC(C)(C)[C@](C)(C(c4ccccc4)c4ccccc4)N3c3c(C)cccc3C)cc(-c3ccccc3)c2)[c-]c(N2c3ccccc3C(C)(C)c3cccnc32)c1.[Pt+2]. The van der Waals surface area contributed by atoms with Gasteiger partial charge in [0.1, 0.15) is 5.82 Å². The van der Waals surface area contributed by atoms with Crippen molar-refractivity contribution in [3.05, 3.63) is 233 Å². The largest absolute Gasteiger partial charge is 2.00 e. The number of amidine groups is 1. The number of pyridine rings is 1. The van der Waals surface area contributed by atoms with Gasteiger partial charge in [0.05, 0.1) is 16.9 Å². The van der Waals surface area contributed by atoms with Gasteiger partial charge in [-0.05, 0) is 80.1 Å². The zero-order valence-electron chi connectivity index (χ0n) is 38.8. The summed E-state index contributed by atoms with van der Waals surface area (Å²) in [5, 5.41) is 0. The predicted octanol–water partition coefficient (Wildman–Crippen LogP) is 14.8. The Hall–Kier alpha value is -6.55. The molecular weight excluding hydrogens is 988 g/mol. The number of nitrogens with zero attached hydrogens (tertiary/aromatic N) is 4. The molecule has 330 valence electrons. The molecule has 2 aliphatic heterocycles. The third-order valence-corrected chi connectivity index (χ3v) is 13.9. The van der Waals surface area contributed by atoms with E-state index in [1.807, 2.05) is 18.3 Å². The molecular formula is C60H54N4OPt. The maximum absolute atomic E-state index is 7.02. The topological polar surface area (TPSA) is 41.0 Å². The van der Waals surface area contributed by atoms with Gasteiger partial charge in [-0.3, -0.25) is 0 Å². The minimum atomic E-state index is -0.595. The van der Waals surface area contributed by atoms with Crippen LogP contribution in [0.5, 0.6) is 11.5 Å². The van der Waals surface area contributed by atoms with Crippen molar-refractivity contribution in [2.45, 2.75) is 77.8 Å². The summed E-state index contributed by atoms with van der Waals surface area (Å²) in [6, 6.07) is 67.7. The molecule has 0 unspecified atom stereocenters. The van der Waals surface area contributed by atoms with E-state index < -0.39 is 11.1 Å². The normalized spacial score (nSPS) is 16.8. The number of fused-ring (bicyclic) bond motifs is 2. The molecule has 8 aromatic rings. The van der Waals surface area contributed by atoms with Crippen LogP contribution in [0, 0.1) is 32.9 Å². The molecule has 0 saturated carbocycles. The van der Waals surface area contributed by atoms with E-state index in [0.29, 0.717) is 11.5 Å². The van der Waals surface area contributed by atoms with Crippen LogP contribution in [0.15, 0.2) is 181 Å². The third-order valence-electron chi connectivity index (χ3n) is 13.9. The van der Waals surface area contributed by atoms with Crippen molar-refractivity contribution in [2.24, 2.45) is 4.99 Å². The van der Waals surface area contributed by atoms with Crippen molar-refractivity contribution in [1.82, 2.24) is 4.98 Å². The van der Waals surface area contributed by atoms with E-state index in [0.717, 1.165) is 56.5 Å². The molecule has 6 heteroatoms. The van der Waals surface area contributed by atoms with Crippen molar-refractivity contribution in [3.63, 3.8) is 0 Å². The van der Waals surface area contributed by atoms with Crippen LogP contribution >= 0.6 is 0 Å². The summed E-state index contributed by atoms with van der Waals surface area (Å²) < 4.78 is 7.02. The molecule has 0 spiro atoms.